The molecule has 0 aliphatic heterocycles. The summed E-state index contributed by atoms with van der Waals surface area (Å²) >= 11 is 0. The van der Waals surface area contributed by atoms with E-state index in [4.69, 9.17) is 18.5 Å². The minimum absolute atomic E-state index is 0.0281. The zero-order valence-corrected chi connectivity index (χ0v) is 66.8. The van der Waals surface area contributed by atoms with Crippen LogP contribution in [0.2, 0.25) is 0 Å². The average Bonchev–Trinajstić information content (AvgIpc) is 1.02. The average molecular weight is 1410 g/mol. The first-order valence-electron chi connectivity index (χ1n) is 41.9. The van der Waals surface area contributed by atoms with E-state index in [2.05, 4.69) is 148 Å². The molecule has 0 bridgehead atoms. The molecule has 0 amide bonds. The van der Waals surface area contributed by atoms with Gasteiger partial charge in [0.15, 0.2) is 6.10 Å². The number of phosphoric ester groups is 1. The molecule has 1 N–H and O–H groups in total. The summed E-state index contributed by atoms with van der Waals surface area (Å²) in [7, 11) is 1.48. The molecule has 576 valence electrons. The van der Waals surface area contributed by atoms with Gasteiger partial charge in [-0.05, 0) is 116 Å². The van der Waals surface area contributed by atoms with Gasteiger partial charge in [-0.3, -0.25) is 18.6 Å². The molecule has 0 fully saturated rings. The predicted octanol–water partition coefficient (Wildman–Crippen LogP) is 28.3. The van der Waals surface area contributed by atoms with Crippen LogP contribution in [-0.4, -0.2) is 74.9 Å². The van der Waals surface area contributed by atoms with Crippen LogP contribution in [0.15, 0.2) is 134 Å². The first-order chi connectivity index (χ1) is 49.0. The molecular formula is C90H159NO8P+. The molecule has 0 spiro atoms. The van der Waals surface area contributed by atoms with Gasteiger partial charge < -0.3 is 18.9 Å². The number of hydrogen-bond acceptors (Lipinski definition) is 7. The molecule has 0 aromatic heterocycles. The largest absolute Gasteiger partial charge is 0.472 e. The van der Waals surface area contributed by atoms with Crippen molar-refractivity contribution in [2.24, 2.45) is 0 Å². The van der Waals surface area contributed by atoms with E-state index in [1.807, 2.05) is 21.1 Å². The highest BCUT2D eigenvalue weighted by molar-refractivity contribution is 7.47. The summed E-state index contributed by atoms with van der Waals surface area (Å²) < 4.78 is 34.9. The molecule has 0 heterocycles. The smallest absolute Gasteiger partial charge is 0.462 e. The Labute approximate surface area is 619 Å². The fourth-order valence-electron chi connectivity index (χ4n) is 11.8. The number of esters is 2. The van der Waals surface area contributed by atoms with Crippen LogP contribution in [0.4, 0.5) is 0 Å². The zero-order chi connectivity index (χ0) is 72.5. The summed E-state index contributed by atoms with van der Waals surface area (Å²) in [6, 6.07) is 0. The van der Waals surface area contributed by atoms with Gasteiger partial charge in [-0.15, -0.1) is 0 Å². The van der Waals surface area contributed by atoms with E-state index in [1.165, 1.54) is 238 Å². The first kappa shape index (κ1) is 96.2. The number of allylic oxidation sites excluding steroid dienone is 22. The standard InChI is InChI=1S/C90H158NO8P/c1-6-8-10-12-14-16-18-20-22-24-26-28-30-32-34-36-38-40-42-44-45-47-48-50-52-54-56-58-60-62-64-66-68-70-72-74-76-78-80-82-89(92)96-86-88(87-98-100(94,95)97-85-84-91(3,4)5)99-90(93)83-81-79-77-75-73-71-69-67-65-63-61-59-57-55-53-51-49-46-43-41-39-37-35-33-31-29-27-25-23-21-19-17-15-13-11-9-7-2/h9,11,15,17-18,20-21,23-24,26-27,29-30,32-33,35,39,41,46,49,53,55,88H,6-8,10,12-14,16,19,22,25,28,31,34,36-38,40,42-45,47-48,50-52,54,56-87H2,1-5H3/p+1/b11-9-,17-15-,20-18-,23-21-,26-24-,29-27-,32-30-,35-33-,41-39-,49-46-,55-53-. The Balaban J connectivity index is 3.96. The van der Waals surface area contributed by atoms with Crippen LogP contribution < -0.4 is 0 Å². The predicted molar refractivity (Wildman–Crippen MR) is 436 cm³/mol. The Kier molecular flexibility index (Phi) is 76.2. The second-order valence-corrected chi connectivity index (χ2v) is 30.6. The number of likely N-dealkylation sites (N-methyl/N-ethyl adjacent to an activating group) is 1. The second kappa shape index (κ2) is 79.3. The fraction of sp³-hybridized carbons (Fsp3) is 0.733. The van der Waals surface area contributed by atoms with Crippen molar-refractivity contribution < 1.29 is 42.1 Å². The van der Waals surface area contributed by atoms with Crippen molar-refractivity contribution in [2.45, 2.75) is 380 Å². The fourth-order valence-corrected chi connectivity index (χ4v) is 12.6. The van der Waals surface area contributed by atoms with Gasteiger partial charge in [0.2, 0.25) is 0 Å². The van der Waals surface area contributed by atoms with E-state index >= 15 is 0 Å². The van der Waals surface area contributed by atoms with Crippen molar-refractivity contribution in [3.63, 3.8) is 0 Å². The molecule has 100 heavy (non-hydrogen) atoms. The third-order valence-electron chi connectivity index (χ3n) is 18.2. The summed E-state index contributed by atoms with van der Waals surface area (Å²) in [4.78, 5) is 36.0. The summed E-state index contributed by atoms with van der Waals surface area (Å²) in [6.07, 6.45) is 116. The molecule has 0 aliphatic rings. The summed E-state index contributed by atoms with van der Waals surface area (Å²) in [5.41, 5.74) is 0. The molecule has 2 atom stereocenters. The maximum Gasteiger partial charge on any atom is 0.472 e. The maximum absolute atomic E-state index is 12.9. The molecule has 0 radical (unpaired) electrons. The normalized spacial score (nSPS) is 13.7. The van der Waals surface area contributed by atoms with E-state index in [0.29, 0.717) is 17.4 Å². The van der Waals surface area contributed by atoms with Gasteiger partial charge in [-0.1, -0.05) is 379 Å². The maximum atomic E-state index is 12.9. The van der Waals surface area contributed by atoms with Gasteiger partial charge in [-0.25, -0.2) is 4.57 Å². The lowest BCUT2D eigenvalue weighted by atomic mass is 10.0. The number of rotatable bonds is 77. The van der Waals surface area contributed by atoms with Gasteiger partial charge in [-0.2, -0.15) is 0 Å². The lowest BCUT2D eigenvalue weighted by Crippen LogP contribution is -2.37. The van der Waals surface area contributed by atoms with E-state index < -0.39 is 26.5 Å². The third kappa shape index (κ3) is 83.1. The molecule has 9 nitrogen and oxygen atoms in total. The molecule has 10 heteroatoms. The van der Waals surface area contributed by atoms with E-state index in [0.717, 1.165) is 103 Å². The molecular weight excluding hydrogens is 1250 g/mol. The number of carbonyl (C=O) groups excluding carboxylic acids is 2. The van der Waals surface area contributed by atoms with Crippen LogP contribution in [-0.2, 0) is 32.7 Å². The van der Waals surface area contributed by atoms with E-state index in [1.54, 1.807) is 0 Å². The van der Waals surface area contributed by atoms with Crippen LogP contribution in [0.3, 0.4) is 0 Å². The molecule has 0 aromatic carbocycles. The van der Waals surface area contributed by atoms with Crippen molar-refractivity contribution in [1.82, 2.24) is 0 Å². The van der Waals surface area contributed by atoms with Gasteiger partial charge in [0.1, 0.15) is 19.8 Å². The molecule has 2 unspecified atom stereocenters. The van der Waals surface area contributed by atoms with Crippen molar-refractivity contribution in [2.75, 3.05) is 47.5 Å². The van der Waals surface area contributed by atoms with Crippen LogP contribution in [0.25, 0.3) is 0 Å². The Hall–Kier alpha value is -3.85. The number of hydrogen-bond donors (Lipinski definition) is 1. The highest BCUT2D eigenvalue weighted by Crippen LogP contribution is 2.43. The van der Waals surface area contributed by atoms with Gasteiger partial charge in [0.25, 0.3) is 0 Å². The Morgan fingerprint density at radius 3 is 0.850 bits per heavy atom. The highest BCUT2D eigenvalue weighted by atomic mass is 31.2. The van der Waals surface area contributed by atoms with Crippen molar-refractivity contribution in [3.8, 4) is 0 Å². The van der Waals surface area contributed by atoms with Crippen LogP contribution in [0.5, 0.6) is 0 Å². The van der Waals surface area contributed by atoms with Crippen LogP contribution in [0, 0.1) is 0 Å². The minimum Gasteiger partial charge on any atom is -0.462 e. The molecule has 0 aliphatic carbocycles. The number of carbonyl (C=O) groups is 2. The van der Waals surface area contributed by atoms with Gasteiger partial charge >= 0.3 is 19.8 Å². The molecule has 0 rings (SSSR count). The van der Waals surface area contributed by atoms with E-state index in [9.17, 15) is 19.0 Å². The topological polar surface area (TPSA) is 108 Å². The van der Waals surface area contributed by atoms with Gasteiger partial charge in [0, 0.05) is 12.8 Å². The summed E-state index contributed by atoms with van der Waals surface area (Å²) in [5.74, 6) is -0.790. The Morgan fingerprint density at radius 1 is 0.320 bits per heavy atom. The monoisotopic (exact) mass is 1410 g/mol. The Morgan fingerprint density at radius 2 is 0.570 bits per heavy atom. The number of quaternary nitrogens is 1. The SMILES string of the molecule is CC/C=C\C/C=C\C/C=C\C/C=C\C/C=C\C/C=C\C/C=C\C/C=C\CCCCCCCCCCCCCCC(=O)OC(COC(=O)CCCCCCCCCCCCCCCCCCCCCCCCCC/C=C\C/C=C\C/C=C\CCCCCCC)COP(=O)(O)OCC[N+](C)(C)C. The second-order valence-electron chi connectivity index (χ2n) is 29.1. The van der Waals surface area contributed by atoms with Crippen molar-refractivity contribution in [3.05, 3.63) is 134 Å². The molecule has 0 saturated carbocycles. The molecule has 0 saturated heterocycles. The highest BCUT2D eigenvalue weighted by Gasteiger charge is 2.27. The van der Waals surface area contributed by atoms with Crippen LogP contribution in [0.1, 0.15) is 373 Å². The quantitative estimate of drug-likeness (QED) is 0.0211. The number of unbranched alkanes of at least 4 members (excludes halogenated alkanes) is 41. The summed E-state index contributed by atoms with van der Waals surface area (Å²) in [6.45, 7) is 4.34. The Bertz CT molecular complexity index is 2160. The first-order valence-corrected chi connectivity index (χ1v) is 43.4. The van der Waals surface area contributed by atoms with Crippen LogP contribution >= 0.6 is 7.82 Å². The molecule has 0 aromatic rings. The van der Waals surface area contributed by atoms with Crippen molar-refractivity contribution >= 4 is 19.8 Å². The number of ether oxygens (including phenoxy) is 2. The number of nitrogens with zero attached hydrogens (tertiary/aromatic N) is 1. The van der Waals surface area contributed by atoms with E-state index in [-0.39, 0.29) is 32.0 Å². The number of phosphoric acid groups is 1. The minimum atomic E-state index is -4.40. The lowest BCUT2D eigenvalue weighted by Gasteiger charge is -2.24. The lowest BCUT2D eigenvalue weighted by molar-refractivity contribution is -0.870. The summed E-state index contributed by atoms with van der Waals surface area (Å²) in [5, 5.41) is 0. The zero-order valence-electron chi connectivity index (χ0n) is 65.9. The van der Waals surface area contributed by atoms with Crippen molar-refractivity contribution in [1.29, 1.82) is 0 Å². The third-order valence-corrected chi connectivity index (χ3v) is 19.1. The van der Waals surface area contributed by atoms with Gasteiger partial charge in [0.05, 0.1) is 27.7 Å².